The lowest BCUT2D eigenvalue weighted by Gasteiger charge is -2.15. The molecule has 1 aromatic heterocycles. The van der Waals surface area contributed by atoms with Crippen LogP contribution < -0.4 is 11.1 Å². The molecule has 1 amide bonds. The quantitative estimate of drug-likeness (QED) is 0.641. The van der Waals surface area contributed by atoms with E-state index in [0.717, 1.165) is 28.2 Å². The molecule has 0 saturated carbocycles. The van der Waals surface area contributed by atoms with Crippen molar-refractivity contribution in [2.24, 2.45) is 5.73 Å². The van der Waals surface area contributed by atoms with Crippen molar-refractivity contribution in [3.05, 3.63) is 82.7 Å². The van der Waals surface area contributed by atoms with Crippen molar-refractivity contribution in [1.29, 1.82) is 0 Å². The fourth-order valence-electron chi connectivity index (χ4n) is 3.44. The highest BCUT2D eigenvalue weighted by atomic mass is 16.1. The summed E-state index contributed by atoms with van der Waals surface area (Å²) in [4.78, 5) is 12.5. The highest BCUT2D eigenvalue weighted by Gasteiger charge is 2.16. The normalized spacial score (nSPS) is 12.2. The molecule has 3 aromatic rings. The van der Waals surface area contributed by atoms with Crippen LogP contribution in [0.1, 0.15) is 53.9 Å². The molecule has 1 atom stereocenters. The lowest BCUT2D eigenvalue weighted by atomic mass is 9.99. The first-order valence-electron chi connectivity index (χ1n) is 10.1. The average Bonchev–Trinajstić information content (AvgIpc) is 3.01. The number of hydrogen-bond acceptors (Lipinski definition) is 3. The minimum atomic E-state index is -0.227. The number of rotatable bonds is 7. The van der Waals surface area contributed by atoms with Crippen LogP contribution in [0.3, 0.4) is 0 Å². The van der Waals surface area contributed by atoms with E-state index in [0.29, 0.717) is 18.9 Å². The summed E-state index contributed by atoms with van der Waals surface area (Å²) in [5.74, 6) is 0.446. The van der Waals surface area contributed by atoms with E-state index in [1.165, 1.54) is 5.56 Å². The Balaban J connectivity index is 1.62. The number of nitrogens with one attached hydrogen (secondary N) is 1. The Morgan fingerprint density at radius 2 is 1.66 bits per heavy atom. The van der Waals surface area contributed by atoms with Crippen LogP contribution in [-0.2, 0) is 11.2 Å². The van der Waals surface area contributed by atoms with Crippen molar-refractivity contribution >= 4 is 5.91 Å². The Kier molecular flexibility index (Phi) is 6.49. The van der Waals surface area contributed by atoms with E-state index in [2.05, 4.69) is 36.4 Å². The van der Waals surface area contributed by atoms with Gasteiger partial charge in [-0.05, 0) is 43.0 Å². The van der Waals surface area contributed by atoms with Gasteiger partial charge in [-0.15, -0.1) is 0 Å². The number of hydrogen-bond donors (Lipinski definition) is 2. The number of carbonyl (C=O) groups is 1. The van der Waals surface area contributed by atoms with Gasteiger partial charge in [0.05, 0.1) is 17.8 Å². The predicted molar refractivity (Wildman–Crippen MR) is 117 cm³/mol. The van der Waals surface area contributed by atoms with Crippen molar-refractivity contribution in [3.8, 4) is 5.69 Å². The van der Waals surface area contributed by atoms with Gasteiger partial charge in [-0.3, -0.25) is 4.79 Å². The molecule has 0 spiro atoms. The van der Waals surface area contributed by atoms with Gasteiger partial charge in [-0.2, -0.15) is 5.10 Å². The summed E-state index contributed by atoms with van der Waals surface area (Å²) in [5, 5.41) is 7.58. The lowest BCUT2D eigenvalue weighted by Crippen LogP contribution is -2.33. The number of para-hydroxylation sites is 1. The zero-order valence-corrected chi connectivity index (χ0v) is 17.6. The van der Waals surface area contributed by atoms with Gasteiger partial charge in [0.25, 0.3) is 0 Å². The van der Waals surface area contributed by atoms with Crippen LogP contribution in [0.25, 0.3) is 5.69 Å². The molecule has 0 saturated heterocycles. The topological polar surface area (TPSA) is 72.9 Å². The number of benzene rings is 2. The Bertz CT molecular complexity index is 959. The maximum Gasteiger partial charge on any atom is 0.224 e. The van der Waals surface area contributed by atoms with Crippen LogP contribution in [0.15, 0.2) is 54.6 Å². The first-order valence-corrected chi connectivity index (χ1v) is 10.1. The van der Waals surface area contributed by atoms with Gasteiger partial charge < -0.3 is 11.1 Å². The number of carbonyl (C=O) groups excluding carboxylic acids is 1. The molecule has 5 nitrogen and oxygen atoms in total. The molecule has 0 aliphatic heterocycles. The van der Waals surface area contributed by atoms with Gasteiger partial charge in [0, 0.05) is 23.8 Å². The summed E-state index contributed by atoms with van der Waals surface area (Å²) < 4.78 is 1.89. The predicted octanol–water partition coefficient (Wildman–Crippen LogP) is 3.97. The third kappa shape index (κ3) is 4.93. The maximum absolute atomic E-state index is 12.5. The molecule has 152 valence electrons. The minimum absolute atomic E-state index is 0.0435. The van der Waals surface area contributed by atoms with E-state index in [9.17, 15) is 4.79 Å². The molecular weight excluding hydrogens is 360 g/mol. The molecule has 0 aliphatic rings. The van der Waals surface area contributed by atoms with Crippen LogP contribution in [-0.4, -0.2) is 22.2 Å². The summed E-state index contributed by atoms with van der Waals surface area (Å²) >= 11 is 0. The van der Waals surface area contributed by atoms with Crippen LogP contribution >= 0.6 is 0 Å². The Morgan fingerprint density at radius 1 is 1.03 bits per heavy atom. The third-order valence-electron chi connectivity index (χ3n) is 5.33. The van der Waals surface area contributed by atoms with Crippen molar-refractivity contribution < 1.29 is 4.79 Å². The molecule has 29 heavy (non-hydrogen) atoms. The highest BCUT2D eigenvalue weighted by Crippen LogP contribution is 2.19. The van der Waals surface area contributed by atoms with Crippen LogP contribution in [0.5, 0.6) is 0 Å². The number of amides is 1. The largest absolute Gasteiger partial charge is 0.354 e. The Hall–Kier alpha value is -2.92. The third-order valence-corrected chi connectivity index (χ3v) is 5.33. The molecule has 0 bridgehead atoms. The van der Waals surface area contributed by atoms with Gasteiger partial charge in [-0.1, -0.05) is 56.3 Å². The van der Waals surface area contributed by atoms with Gasteiger partial charge in [-0.25, -0.2) is 4.68 Å². The standard InChI is InChI=1S/C24H30N4O/c1-16(2)19-10-12-20(13-11-19)23(25)15-26-24(29)14-22-17(3)27-28(18(22)4)21-8-6-5-7-9-21/h5-13,16,23H,14-15,25H2,1-4H3,(H,26,29). The second kappa shape index (κ2) is 9.05. The molecule has 0 radical (unpaired) electrons. The number of aromatic nitrogens is 2. The molecule has 2 aromatic carbocycles. The lowest BCUT2D eigenvalue weighted by molar-refractivity contribution is -0.120. The summed E-state index contributed by atoms with van der Waals surface area (Å²) in [6.45, 7) is 8.68. The van der Waals surface area contributed by atoms with Gasteiger partial charge >= 0.3 is 0 Å². The Morgan fingerprint density at radius 3 is 2.28 bits per heavy atom. The summed E-state index contributed by atoms with van der Waals surface area (Å²) in [5.41, 5.74) is 12.4. The zero-order chi connectivity index (χ0) is 21.0. The number of aryl methyl sites for hydroxylation is 1. The molecule has 3 rings (SSSR count). The maximum atomic E-state index is 12.5. The molecule has 1 heterocycles. The fraction of sp³-hybridized carbons (Fsp3) is 0.333. The van der Waals surface area contributed by atoms with Gasteiger partial charge in [0.1, 0.15) is 0 Å². The first-order chi connectivity index (χ1) is 13.9. The van der Waals surface area contributed by atoms with E-state index >= 15 is 0 Å². The SMILES string of the molecule is Cc1nn(-c2ccccc2)c(C)c1CC(=O)NCC(N)c1ccc(C(C)C)cc1. The van der Waals surface area contributed by atoms with Crippen LogP contribution in [0.2, 0.25) is 0 Å². The molecular formula is C24H30N4O. The molecule has 1 unspecified atom stereocenters. The zero-order valence-electron chi connectivity index (χ0n) is 17.6. The van der Waals surface area contributed by atoms with E-state index in [1.54, 1.807) is 0 Å². The average molecular weight is 391 g/mol. The highest BCUT2D eigenvalue weighted by molar-refractivity contribution is 5.79. The van der Waals surface area contributed by atoms with Crippen molar-refractivity contribution in [1.82, 2.24) is 15.1 Å². The fourth-order valence-corrected chi connectivity index (χ4v) is 3.44. The summed E-state index contributed by atoms with van der Waals surface area (Å²) in [6.07, 6.45) is 0.295. The van der Waals surface area contributed by atoms with Crippen LogP contribution in [0.4, 0.5) is 0 Å². The van der Waals surface area contributed by atoms with Crippen molar-refractivity contribution in [2.45, 2.75) is 46.1 Å². The minimum Gasteiger partial charge on any atom is -0.354 e. The second-order valence-corrected chi connectivity index (χ2v) is 7.81. The van der Waals surface area contributed by atoms with E-state index in [-0.39, 0.29) is 11.9 Å². The Labute approximate surface area is 172 Å². The first kappa shape index (κ1) is 20.8. The summed E-state index contributed by atoms with van der Waals surface area (Å²) in [7, 11) is 0. The van der Waals surface area contributed by atoms with E-state index in [1.807, 2.05) is 61.0 Å². The summed E-state index contributed by atoms with van der Waals surface area (Å²) in [6, 6.07) is 18.0. The van der Waals surface area contributed by atoms with E-state index < -0.39 is 0 Å². The molecule has 5 heteroatoms. The second-order valence-electron chi connectivity index (χ2n) is 7.81. The monoisotopic (exact) mass is 390 g/mol. The van der Waals surface area contributed by atoms with Gasteiger partial charge in [0.2, 0.25) is 5.91 Å². The van der Waals surface area contributed by atoms with Crippen molar-refractivity contribution in [3.63, 3.8) is 0 Å². The van der Waals surface area contributed by atoms with E-state index in [4.69, 9.17) is 5.73 Å². The number of nitrogens with zero attached hydrogens (tertiary/aromatic N) is 2. The molecule has 3 N–H and O–H groups in total. The molecule has 0 fully saturated rings. The smallest absolute Gasteiger partial charge is 0.224 e. The van der Waals surface area contributed by atoms with Crippen LogP contribution in [0, 0.1) is 13.8 Å². The van der Waals surface area contributed by atoms with Gasteiger partial charge in [0.15, 0.2) is 0 Å². The molecule has 0 aliphatic carbocycles. The number of nitrogens with two attached hydrogens (primary N) is 1. The van der Waals surface area contributed by atoms with Crippen molar-refractivity contribution in [2.75, 3.05) is 6.54 Å².